The second-order valence-electron chi connectivity index (χ2n) is 6.85. The molecular formula is C18H19ClN6O2. The highest BCUT2D eigenvalue weighted by Crippen LogP contribution is 2.26. The molecule has 0 spiro atoms. The van der Waals surface area contributed by atoms with Gasteiger partial charge in [-0.1, -0.05) is 23.7 Å². The van der Waals surface area contributed by atoms with E-state index < -0.39 is 6.10 Å². The number of benzene rings is 1. The van der Waals surface area contributed by atoms with Crippen LogP contribution < -0.4 is 0 Å². The second-order valence-corrected chi connectivity index (χ2v) is 7.29. The highest BCUT2D eigenvalue weighted by Gasteiger charge is 2.41. The van der Waals surface area contributed by atoms with Crippen molar-refractivity contribution in [3.8, 4) is 6.19 Å². The Morgan fingerprint density at radius 2 is 2.04 bits per heavy atom. The van der Waals surface area contributed by atoms with Crippen LogP contribution in [0.2, 0.25) is 5.02 Å². The zero-order valence-corrected chi connectivity index (χ0v) is 15.4. The third kappa shape index (κ3) is 3.36. The molecule has 140 valence electrons. The van der Waals surface area contributed by atoms with Gasteiger partial charge in [-0.3, -0.25) is 4.79 Å². The number of guanidine groups is 1. The molecule has 27 heavy (non-hydrogen) atoms. The van der Waals surface area contributed by atoms with E-state index in [-0.39, 0.29) is 11.9 Å². The molecule has 1 unspecified atom stereocenters. The molecule has 1 atom stereocenters. The normalized spacial score (nSPS) is 23.5. The fourth-order valence-corrected chi connectivity index (χ4v) is 3.81. The lowest BCUT2D eigenvalue weighted by atomic mass is 10.0. The number of hydrogen-bond acceptors (Lipinski definition) is 5. The van der Waals surface area contributed by atoms with Crippen LogP contribution in [-0.4, -0.2) is 75.8 Å². The Hall–Kier alpha value is -2.63. The van der Waals surface area contributed by atoms with Crippen molar-refractivity contribution in [1.82, 2.24) is 14.8 Å². The van der Waals surface area contributed by atoms with Gasteiger partial charge >= 0.3 is 0 Å². The lowest BCUT2D eigenvalue weighted by Crippen LogP contribution is -2.57. The minimum atomic E-state index is -0.424. The number of amides is 1. The minimum absolute atomic E-state index is 0.113. The Kier molecular flexibility index (Phi) is 4.72. The first-order chi connectivity index (χ1) is 13.1. The van der Waals surface area contributed by atoms with Crippen molar-refractivity contribution in [3.05, 3.63) is 34.9 Å². The predicted octanol–water partition coefficient (Wildman–Crippen LogP) is 0.864. The molecule has 1 amide bonds. The van der Waals surface area contributed by atoms with E-state index >= 15 is 0 Å². The SMILES string of the molecule is N#C/N=C(/N1CC(O)C1)N1CC(N2CCCC2=O)C(c2ccc(Cl)cc2)=N1. The van der Waals surface area contributed by atoms with Gasteiger partial charge in [-0.2, -0.15) is 10.4 Å². The number of carbonyl (C=O) groups is 1. The monoisotopic (exact) mass is 386 g/mol. The molecule has 1 aromatic rings. The van der Waals surface area contributed by atoms with Crippen LogP contribution in [0.15, 0.2) is 34.4 Å². The number of carbonyl (C=O) groups excluding carboxylic acids is 1. The fraction of sp³-hybridized carbons (Fsp3) is 0.444. The van der Waals surface area contributed by atoms with E-state index in [1.54, 1.807) is 17.1 Å². The third-order valence-electron chi connectivity index (χ3n) is 5.04. The van der Waals surface area contributed by atoms with Gasteiger partial charge in [0.25, 0.3) is 0 Å². The van der Waals surface area contributed by atoms with Crippen LogP contribution in [0.25, 0.3) is 0 Å². The number of likely N-dealkylation sites (tertiary alicyclic amines) is 2. The Labute approximate surface area is 161 Å². The van der Waals surface area contributed by atoms with Crippen LogP contribution in [0.3, 0.4) is 0 Å². The number of rotatable bonds is 2. The number of nitrogens with zero attached hydrogens (tertiary/aromatic N) is 6. The number of aliphatic imine (C=N–C) groups is 1. The second kappa shape index (κ2) is 7.18. The first kappa shape index (κ1) is 17.8. The standard InChI is InChI=1S/C18H19ClN6O2/c19-13-5-3-12(4-6-13)17-15(24-7-1-2-16(24)27)10-25(22-17)18(21-11-20)23-8-14(26)9-23/h3-6,14-15,26H,1-2,7-10H2/b21-18-. The summed E-state index contributed by atoms with van der Waals surface area (Å²) in [6.45, 7) is 1.94. The van der Waals surface area contributed by atoms with Crippen LogP contribution in [0.5, 0.6) is 0 Å². The lowest BCUT2D eigenvalue weighted by Gasteiger charge is -2.39. The molecule has 1 N–H and O–H groups in total. The van der Waals surface area contributed by atoms with E-state index in [4.69, 9.17) is 22.0 Å². The molecule has 3 aliphatic rings. The van der Waals surface area contributed by atoms with Gasteiger partial charge in [0.2, 0.25) is 18.1 Å². The van der Waals surface area contributed by atoms with Crippen molar-refractivity contribution in [1.29, 1.82) is 5.26 Å². The first-order valence-electron chi connectivity index (χ1n) is 8.88. The molecule has 0 aliphatic carbocycles. The van der Waals surface area contributed by atoms with E-state index in [1.165, 1.54) is 0 Å². The van der Waals surface area contributed by atoms with Gasteiger partial charge in [0, 0.05) is 36.6 Å². The molecule has 1 aromatic carbocycles. The van der Waals surface area contributed by atoms with Crippen molar-refractivity contribution in [2.45, 2.75) is 25.0 Å². The van der Waals surface area contributed by atoms with E-state index in [1.807, 2.05) is 28.1 Å². The van der Waals surface area contributed by atoms with Crippen molar-refractivity contribution in [2.75, 3.05) is 26.2 Å². The van der Waals surface area contributed by atoms with E-state index in [0.717, 1.165) is 17.7 Å². The Balaban J connectivity index is 1.67. The summed E-state index contributed by atoms with van der Waals surface area (Å²) >= 11 is 6.01. The van der Waals surface area contributed by atoms with Crippen molar-refractivity contribution < 1.29 is 9.90 Å². The molecule has 9 heteroatoms. The molecule has 3 heterocycles. The molecule has 0 saturated carbocycles. The molecular weight excluding hydrogens is 368 g/mol. The Morgan fingerprint density at radius 1 is 1.30 bits per heavy atom. The van der Waals surface area contributed by atoms with Gasteiger partial charge in [0.1, 0.15) is 0 Å². The van der Waals surface area contributed by atoms with Gasteiger partial charge < -0.3 is 14.9 Å². The molecule has 2 fully saturated rings. The molecule has 0 radical (unpaired) electrons. The highest BCUT2D eigenvalue weighted by molar-refractivity contribution is 6.30. The van der Waals surface area contributed by atoms with Gasteiger partial charge in [0.15, 0.2) is 0 Å². The highest BCUT2D eigenvalue weighted by atomic mass is 35.5. The maximum atomic E-state index is 12.3. The summed E-state index contributed by atoms with van der Waals surface area (Å²) in [5, 5.41) is 25.7. The number of β-amino-alcohol motifs (C(OH)–C–C–N with tert-alkyl or cyclic N) is 1. The first-order valence-corrected chi connectivity index (χ1v) is 9.26. The largest absolute Gasteiger partial charge is 0.389 e. The topological polar surface area (TPSA) is 95.5 Å². The van der Waals surface area contributed by atoms with Crippen LogP contribution in [0.4, 0.5) is 0 Å². The molecule has 3 aliphatic heterocycles. The summed E-state index contributed by atoms with van der Waals surface area (Å²) in [7, 11) is 0. The average Bonchev–Trinajstić information content (AvgIpc) is 3.24. The maximum absolute atomic E-state index is 12.3. The van der Waals surface area contributed by atoms with E-state index in [2.05, 4.69) is 4.99 Å². The summed E-state index contributed by atoms with van der Waals surface area (Å²) < 4.78 is 0. The van der Waals surface area contributed by atoms with Gasteiger partial charge in [-0.15, -0.1) is 4.99 Å². The van der Waals surface area contributed by atoms with Crippen molar-refractivity contribution in [3.63, 3.8) is 0 Å². The predicted molar refractivity (Wildman–Crippen MR) is 100 cm³/mol. The number of aliphatic hydroxyl groups excluding tert-OH is 1. The van der Waals surface area contributed by atoms with Gasteiger partial charge in [0.05, 0.1) is 24.4 Å². The van der Waals surface area contributed by atoms with E-state index in [0.29, 0.717) is 43.6 Å². The van der Waals surface area contributed by atoms with E-state index in [9.17, 15) is 9.90 Å². The third-order valence-corrected chi connectivity index (χ3v) is 5.29. The minimum Gasteiger partial charge on any atom is -0.389 e. The summed E-state index contributed by atoms with van der Waals surface area (Å²) in [5.74, 6) is 0.519. The number of hydrazone groups is 1. The van der Waals surface area contributed by atoms with Crippen molar-refractivity contribution >= 4 is 29.2 Å². The number of halogens is 1. The fourth-order valence-electron chi connectivity index (χ4n) is 3.68. The van der Waals surface area contributed by atoms with Crippen LogP contribution in [0.1, 0.15) is 18.4 Å². The molecule has 4 rings (SSSR count). The maximum Gasteiger partial charge on any atom is 0.233 e. The number of hydrogen-bond donors (Lipinski definition) is 1. The summed E-state index contributed by atoms with van der Waals surface area (Å²) in [4.78, 5) is 19.9. The smallest absolute Gasteiger partial charge is 0.233 e. The zero-order chi connectivity index (χ0) is 19.0. The van der Waals surface area contributed by atoms with Crippen LogP contribution in [-0.2, 0) is 4.79 Å². The molecule has 0 bridgehead atoms. The molecule has 8 nitrogen and oxygen atoms in total. The Morgan fingerprint density at radius 3 is 2.63 bits per heavy atom. The number of aliphatic hydroxyl groups is 1. The summed E-state index contributed by atoms with van der Waals surface area (Å²) in [6.07, 6.45) is 2.77. The molecule has 0 aromatic heterocycles. The number of nitriles is 1. The van der Waals surface area contributed by atoms with Crippen LogP contribution >= 0.6 is 11.6 Å². The van der Waals surface area contributed by atoms with Crippen molar-refractivity contribution in [2.24, 2.45) is 10.1 Å². The van der Waals surface area contributed by atoms with Gasteiger partial charge in [-0.05, 0) is 18.6 Å². The lowest BCUT2D eigenvalue weighted by molar-refractivity contribution is -0.128. The van der Waals surface area contributed by atoms with Gasteiger partial charge in [-0.25, -0.2) is 5.01 Å². The zero-order valence-electron chi connectivity index (χ0n) is 14.6. The molecule has 2 saturated heterocycles. The summed E-state index contributed by atoms with van der Waals surface area (Å²) in [6, 6.07) is 7.14. The average molecular weight is 387 g/mol. The summed E-state index contributed by atoms with van der Waals surface area (Å²) in [5.41, 5.74) is 1.64. The quantitative estimate of drug-likeness (QED) is 0.462. The Bertz CT molecular complexity index is 840. The van der Waals surface area contributed by atoms with Crippen LogP contribution in [0, 0.1) is 11.5 Å².